The number of aromatic nitrogens is 1. The summed E-state index contributed by atoms with van der Waals surface area (Å²) in [7, 11) is 0. The predicted octanol–water partition coefficient (Wildman–Crippen LogP) is 33.7. The number of aliphatic imine (C=N–C) groups is 2. The predicted molar refractivity (Wildman–Crippen MR) is 637 cm³/mol. The molecule has 0 saturated heterocycles. The third-order valence-electron chi connectivity index (χ3n) is 19.0. The number of thiol groups is 1. The minimum absolute atomic E-state index is 0.148. The number of para-hydroxylation sites is 1. The third kappa shape index (κ3) is 184. The molecule has 17 nitrogen and oxygen atoms in total. The van der Waals surface area contributed by atoms with E-state index in [1.807, 2.05) is 106 Å². The number of carboxylic acid groups (broad SMARTS) is 2. The number of hydrogen-bond donors (Lipinski definition) is 12. The number of hydrogen-bond acceptors (Lipinski definition) is 12. The number of amides is 2. The number of phenols is 1. The van der Waals surface area contributed by atoms with E-state index in [2.05, 4.69) is 337 Å². The van der Waals surface area contributed by atoms with Gasteiger partial charge in [0.25, 0.3) is 0 Å². The number of nitrogens with one attached hydrogen (secondary N) is 1. The lowest BCUT2D eigenvalue weighted by molar-refractivity contribution is -0.138. The van der Waals surface area contributed by atoms with Crippen LogP contribution in [0.15, 0.2) is 107 Å². The summed E-state index contributed by atoms with van der Waals surface area (Å²) in [6.45, 7) is 101. The number of aliphatic carboxylic acids is 2. The van der Waals surface area contributed by atoms with Gasteiger partial charge in [-0.05, 0) is 260 Å². The number of carbonyl (C=O) groups is 4. The van der Waals surface area contributed by atoms with Crippen molar-refractivity contribution in [3.05, 3.63) is 114 Å². The second kappa shape index (κ2) is 118. The zero-order chi connectivity index (χ0) is 113. The number of nitrogens with zero attached hydrogens (tertiary/aromatic N) is 2. The maximum Gasteiger partial charge on any atom is 0.303 e. The number of thioether (sulfide) groups is 1. The normalized spacial score (nSPS) is 11.0. The topological polar surface area (TPSA) is 340 Å². The smallest absolute Gasteiger partial charge is 0.303 e. The van der Waals surface area contributed by atoms with Crippen LogP contribution in [-0.4, -0.2) is 110 Å². The molecule has 0 aliphatic carbocycles. The van der Waals surface area contributed by atoms with Crippen LogP contribution in [0, 0.1) is 124 Å². The number of fused-ring (bicyclic) bond motifs is 1. The summed E-state index contributed by atoms with van der Waals surface area (Å²) in [5.74, 6) is 15.8. The number of H-pyrrole nitrogens is 1. The van der Waals surface area contributed by atoms with Gasteiger partial charge in [-0.15, -0.1) is 0 Å². The minimum Gasteiger partial charge on any atom is -0.508 e. The minimum atomic E-state index is -0.713. The zero-order valence-corrected chi connectivity index (χ0v) is 103. The molecule has 140 heavy (non-hydrogen) atoms. The van der Waals surface area contributed by atoms with Gasteiger partial charge in [-0.2, -0.15) is 24.4 Å². The Labute approximate surface area is 881 Å². The van der Waals surface area contributed by atoms with Crippen molar-refractivity contribution in [3.63, 3.8) is 0 Å². The molecule has 0 radical (unpaired) electrons. The number of aromatic hydroxyl groups is 1. The number of primary amides is 2. The molecule has 0 spiro atoms. The first-order valence-corrected chi connectivity index (χ1v) is 56.2. The summed E-state index contributed by atoms with van der Waals surface area (Å²) < 4.78 is 0. The van der Waals surface area contributed by atoms with E-state index >= 15 is 0 Å². The highest BCUT2D eigenvalue weighted by molar-refractivity contribution is 7.98. The molecular weight excluding hydrogens is 1770 g/mol. The Balaban J connectivity index is -0.000000101. The first kappa shape index (κ1) is 165. The molecular formula is C121H244N8O9S2. The van der Waals surface area contributed by atoms with Gasteiger partial charge in [0.05, 0.1) is 6.10 Å². The van der Waals surface area contributed by atoms with Crippen LogP contribution in [0.4, 0.5) is 0 Å². The van der Waals surface area contributed by atoms with Gasteiger partial charge in [0.15, 0.2) is 5.96 Å². The van der Waals surface area contributed by atoms with E-state index in [1.165, 1.54) is 96.7 Å². The van der Waals surface area contributed by atoms with Crippen LogP contribution in [0.3, 0.4) is 0 Å². The number of aliphatic hydroxyl groups is 2. The summed E-state index contributed by atoms with van der Waals surface area (Å²) in [5.41, 5.74) is 32.2. The number of carboxylic acids is 2. The van der Waals surface area contributed by atoms with Crippen molar-refractivity contribution < 1.29 is 44.7 Å². The van der Waals surface area contributed by atoms with Crippen molar-refractivity contribution in [3.8, 4) is 5.75 Å². The highest BCUT2D eigenvalue weighted by Crippen LogP contribution is 2.22. The zero-order valence-electron chi connectivity index (χ0n) is 101. The summed E-state index contributed by atoms with van der Waals surface area (Å²) in [4.78, 5) is 51.0. The van der Waals surface area contributed by atoms with Gasteiger partial charge in [0, 0.05) is 74.8 Å². The van der Waals surface area contributed by atoms with Crippen molar-refractivity contribution in [2.75, 3.05) is 37.5 Å². The van der Waals surface area contributed by atoms with Crippen molar-refractivity contribution in [2.45, 2.75) is 447 Å². The van der Waals surface area contributed by atoms with E-state index in [4.69, 9.17) is 54.2 Å². The van der Waals surface area contributed by atoms with Crippen LogP contribution in [0.25, 0.3) is 10.9 Å². The number of unbranched alkanes of at least 4 members (excludes halogenated alkanes) is 1. The summed E-state index contributed by atoms with van der Waals surface area (Å²) in [5, 5.41) is 43.4. The molecule has 2 heterocycles. The highest BCUT2D eigenvalue weighted by Gasteiger charge is 2.08. The number of aromatic amines is 1. The quantitative estimate of drug-likeness (QED) is 0.00873. The number of benzene rings is 3. The van der Waals surface area contributed by atoms with Crippen molar-refractivity contribution in [2.24, 2.45) is 163 Å². The van der Waals surface area contributed by atoms with Gasteiger partial charge in [-0.25, -0.2) is 0 Å². The van der Waals surface area contributed by atoms with E-state index in [9.17, 15) is 19.2 Å². The summed E-state index contributed by atoms with van der Waals surface area (Å²) in [6, 6.07) is 26.5. The molecule has 3 aromatic carbocycles. The van der Waals surface area contributed by atoms with Gasteiger partial charge >= 0.3 is 11.9 Å². The maximum atomic E-state index is 10.1. The number of nitrogens with two attached hydrogens (primary N) is 5. The fourth-order valence-electron chi connectivity index (χ4n) is 9.44. The second-order valence-corrected chi connectivity index (χ2v) is 46.2. The Morgan fingerprint density at radius 1 is 0.457 bits per heavy atom. The van der Waals surface area contributed by atoms with Gasteiger partial charge in [-0.1, -0.05) is 398 Å². The number of carbonyl (C=O) groups excluding carboxylic acids is 2. The largest absolute Gasteiger partial charge is 0.508 e. The SMILES string of the molecule is CC(C)C.CC(C)C(C)C.CC(C)C(C)O.CC(C)C1=CN=CC1.CC(C)CC(=O)O.CC(C)CC(C)C.CC(C)CC(N)=O.CC(C)CCC(=O)O.CC(C)CCC(N)=O.CC(C)CCCCN.CC(C)CCCN=C(N)N.CC(C)CO.CC(C)CS.CC(C)Cc1c[nH]c2ccccc12.CC(C)Cc1ccc(O)cc1.CC(C)Cc1ccccc1.CCC.CCC(C)C(C)C.CSCCC(C)C. The summed E-state index contributed by atoms with van der Waals surface area (Å²) >= 11 is 5.95. The second-order valence-electron chi connectivity index (χ2n) is 44.9. The van der Waals surface area contributed by atoms with E-state index in [1.54, 1.807) is 19.1 Å². The number of aliphatic hydroxyl groups excluding tert-OH is 2. The number of guanidine groups is 1. The van der Waals surface area contributed by atoms with Gasteiger partial charge in [0.1, 0.15) is 5.75 Å². The summed E-state index contributed by atoms with van der Waals surface area (Å²) in [6.07, 6.45) is 27.2. The van der Waals surface area contributed by atoms with Gasteiger partial charge in [0.2, 0.25) is 11.8 Å². The molecule has 1 aromatic heterocycles. The van der Waals surface area contributed by atoms with Crippen LogP contribution >= 0.6 is 24.4 Å². The van der Waals surface area contributed by atoms with Crippen LogP contribution in [0.2, 0.25) is 0 Å². The molecule has 2 amide bonds. The molecule has 19 heteroatoms. The van der Waals surface area contributed by atoms with E-state index in [-0.39, 0.29) is 36.2 Å². The molecule has 16 N–H and O–H groups in total. The highest BCUT2D eigenvalue weighted by atomic mass is 32.2. The van der Waals surface area contributed by atoms with E-state index in [0.29, 0.717) is 73.0 Å². The fraction of sp³-hybridized carbons (Fsp3) is 0.769. The Morgan fingerprint density at radius 3 is 1.06 bits per heavy atom. The third-order valence-corrected chi connectivity index (χ3v) is 20.4. The lowest BCUT2D eigenvalue weighted by Gasteiger charge is -2.10. The van der Waals surface area contributed by atoms with Gasteiger partial charge < -0.3 is 59.2 Å². The molecule has 834 valence electrons. The molecule has 0 fully saturated rings. The van der Waals surface area contributed by atoms with Gasteiger partial charge in [-0.3, -0.25) is 29.2 Å². The van der Waals surface area contributed by atoms with Crippen LogP contribution in [-0.2, 0) is 38.4 Å². The average Bonchev–Trinajstić information content (AvgIpc) is 1.69. The van der Waals surface area contributed by atoms with E-state index < -0.39 is 11.9 Å². The van der Waals surface area contributed by atoms with Crippen LogP contribution in [0.1, 0.15) is 438 Å². The lowest BCUT2D eigenvalue weighted by atomic mass is 9.96. The van der Waals surface area contributed by atoms with Crippen molar-refractivity contribution >= 4 is 71.2 Å². The molecule has 1 aliphatic rings. The van der Waals surface area contributed by atoms with Crippen LogP contribution < -0.4 is 28.7 Å². The number of rotatable bonds is 36. The molecule has 2 atom stereocenters. The maximum absolute atomic E-state index is 10.1. The Hall–Kier alpha value is -5.86. The number of allylic oxidation sites excluding steroid dienone is 1. The first-order chi connectivity index (χ1) is 64.5. The Morgan fingerprint density at radius 2 is 0.843 bits per heavy atom. The fourth-order valence-corrected chi connectivity index (χ4v) is 10.1. The molecule has 1 aliphatic heterocycles. The molecule has 0 saturated carbocycles. The Kier molecular flexibility index (Phi) is 139. The van der Waals surface area contributed by atoms with Crippen molar-refractivity contribution in [1.29, 1.82) is 0 Å². The molecule has 2 unspecified atom stereocenters. The molecule has 0 bridgehead atoms. The van der Waals surface area contributed by atoms with Crippen LogP contribution in [0.5, 0.6) is 5.75 Å². The Bertz CT molecular complexity index is 3140. The number of phenolic OH excluding ortho intramolecular Hbond substituents is 1. The standard InChI is InChI=1S/C12H15N.C10H14O.C10H14.C7H17N3.C7H11N.C7H17N.2C7H16.C6H13NO.C6H12O2.C6H14S.C6H14.C5H11NO.C5H10O2.C5H12O.C4H10O.C4H10S.C4H10.C3H8/c1-9(2)7-10-8-13-12-6-4-3-5-11(10)12;1-8(2)7-9-3-5-10(11)6-4-9;1-9(2)8-10-6-4-3-5-7-10;1-6(2)4-3-5-10-7(8)9;1-6(2)7-3-4-8-5-7;1-7(2)5-3-4-6-8;1-6(2)5-7(3)4;1-5-7(4)6(2)3;2*1-5(2)3-4-6(7)8;1-6(2)4-5-7-3;1-5(2)6(3)4;2*1-4(2)3-5(6)7;1-4(2)5(3)6;2*1-4(2)3-5;1-4(2)3;1-3-2/h3-6,8-9,13H,7H2,1-2H3;3-6,8,11H,7H2,1-2H3;3-7,9H,8H2,1-2H3;6H,3-5H2,1-2H3,(H4,8,9,10);4-6H,3H2,1-2H3;7H,3-6,8H2,1-2H3;2*6-7H,5H2,1-4H3;5H,3-4H2,1-2H3,(H2,7,8);5H,3-4H2,1-2H3,(H,7,8);6H,4-5H2,1-3H3;5-6H,1-4H3;4H,3H2,1-2H3,(H2,6,7);4H,3H2,1-2H3,(H,6,7);4-6H,1-3H3;2*4-5H,3H2,1-2H3;4H,1-3H3;3H2,1-2H3. The first-order valence-electron chi connectivity index (χ1n) is 54.2. The van der Waals surface area contributed by atoms with E-state index in [0.717, 1.165) is 134 Å². The molecule has 5 rings (SSSR count). The lowest BCUT2D eigenvalue weighted by Crippen LogP contribution is -2.22. The molecule has 4 aromatic rings. The monoisotopic (exact) mass is 2020 g/mol. The van der Waals surface area contributed by atoms with Crippen molar-refractivity contribution in [1.82, 2.24) is 4.98 Å². The average molecular weight is 2020 g/mol.